The van der Waals surface area contributed by atoms with Crippen molar-refractivity contribution in [1.82, 2.24) is 15.0 Å². The molecule has 0 saturated heterocycles. The third-order valence-corrected chi connectivity index (χ3v) is 2.28. The predicted octanol–water partition coefficient (Wildman–Crippen LogP) is -0.482. The van der Waals surface area contributed by atoms with E-state index in [0.29, 0.717) is 0 Å². The number of aryl methyl sites for hydroxylation is 1. The lowest BCUT2D eigenvalue weighted by Gasteiger charge is -2.16. The van der Waals surface area contributed by atoms with Gasteiger partial charge in [0.1, 0.15) is 11.5 Å². The molecule has 0 aliphatic carbocycles. The maximum absolute atomic E-state index is 11.4. The van der Waals surface area contributed by atoms with Gasteiger partial charge in [-0.3, -0.25) is 4.68 Å². The fraction of sp³-hybridized carbons (Fsp3) is 0.571. The summed E-state index contributed by atoms with van der Waals surface area (Å²) in [6.07, 6.45) is 0.647. The van der Waals surface area contributed by atoms with Crippen molar-refractivity contribution in [2.45, 2.75) is 11.5 Å². The van der Waals surface area contributed by atoms with Crippen molar-refractivity contribution in [1.29, 1.82) is 0 Å². The molecule has 1 N–H and O–H groups in total. The number of rotatable bonds is 4. The molecular formula is C7H11N3O3S2. The van der Waals surface area contributed by atoms with Crippen LogP contribution in [0, 0.1) is 0 Å². The first-order valence-electron chi connectivity index (χ1n) is 4.09. The largest absolute Gasteiger partial charge is 0.453 e. The van der Waals surface area contributed by atoms with Gasteiger partial charge in [-0.05, 0) is 0 Å². The quantitative estimate of drug-likeness (QED) is 0.382. The van der Waals surface area contributed by atoms with Gasteiger partial charge in [0.15, 0.2) is 5.69 Å². The average molecular weight is 249 g/mol. The van der Waals surface area contributed by atoms with Crippen LogP contribution in [0.1, 0.15) is 10.5 Å². The van der Waals surface area contributed by atoms with Crippen LogP contribution in [0.4, 0.5) is 0 Å². The van der Waals surface area contributed by atoms with E-state index < -0.39 is 17.5 Å². The molecule has 0 amide bonds. The minimum Gasteiger partial charge on any atom is -0.453 e. The zero-order valence-electron chi connectivity index (χ0n) is 7.94. The number of hydrogen-bond donors (Lipinski definition) is 3. The lowest BCUT2D eigenvalue weighted by molar-refractivity contribution is 0.0141. The maximum atomic E-state index is 11.4. The number of hydrogen-bond acceptors (Lipinski definition) is 7. The van der Waals surface area contributed by atoms with Gasteiger partial charge in [-0.25, -0.2) is 4.79 Å². The van der Waals surface area contributed by atoms with Crippen molar-refractivity contribution in [3.8, 4) is 0 Å². The van der Waals surface area contributed by atoms with E-state index in [1.807, 2.05) is 0 Å². The van der Waals surface area contributed by atoms with Gasteiger partial charge in [-0.15, -0.1) is 17.7 Å². The molecule has 84 valence electrons. The number of nitrogens with zero attached hydrogens (tertiary/aromatic N) is 3. The molecule has 0 aliphatic heterocycles. The second-order valence-electron chi connectivity index (χ2n) is 2.82. The summed E-state index contributed by atoms with van der Waals surface area (Å²) in [7, 11) is 1.63. The van der Waals surface area contributed by atoms with Crippen molar-refractivity contribution < 1.29 is 14.6 Å². The summed E-state index contributed by atoms with van der Waals surface area (Å²) in [6, 6.07) is 0. The first-order chi connectivity index (χ1) is 7.04. The zero-order valence-corrected chi connectivity index (χ0v) is 9.73. The summed E-state index contributed by atoms with van der Waals surface area (Å²) in [5.41, 5.74) is -0.985. The lowest BCUT2D eigenvalue weighted by Crippen LogP contribution is -2.29. The van der Waals surface area contributed by atoms with E-state index in [-0.39, 0.29) is 11.4 Å². The van der Waals surface area contributed by atoms with Crippen LogP contribution >= 0.6 is 25.3 Å². The van der Waals surface area contributed by atoms with Crippen LogP contribution < -0.4 is 0 Å². The molecule has 0 bridgehead atoms. The molecular weight excluding hydrogens is 238 g/mol. The van der Waals surface area contributed by atoms with E-state index in [1.54, 1.807) is 7.05 Å². The standard InChI is InChI=1S/C7H11N3O3S2/c1-10-2-4(8-9-10)6(11)13-5(3-14)7(12)15/h2,5,7,12,14-15H,3H2,1H3. The highest BCUT2D eigenvalue weighted by atomic mass is 32.1. The Bertz CT molecular complexity index is 342. The number of aliphatic hydroxyl groups is 1. The summed E-state index contributed by atoms with van der Waals surface area (Å²) in [5, 5.41) is 16.3. The minimum absolute atomic E-state index is 0.0817. The molecule has 2 atom stereocenters. The number of esters is 1. The Morgan fingerprint density at radius 3 is 2.87 bits per heavy atom. The molecule has 1 aromatic heterocycles. The highest BCUT2D eigenvalue weighted by molar-refractivity contribution is 7.81. The molecule has 8 heteroatoms. The van der Waals surface area contributed by atoms with Crippen LogP contribution in [-0.4, -0.2) is 43.4 Å². The summed E-state index contributed by atoms with van der Waals surface area (Å²) in [4.78, 5) is 11.4. The number of carbonyl (C=O) groups is 1. The third-order valence-electron chi connectivity index (χ3n) is 1.58. The van der Waals surface area contributed by atoms with Gasteiger partial charge in [0.25, 0.3) is 0 Å². The zero-order chi connectivity index (χ0) is 11.4. The molecule has 1 heterocycles. The summed E-state index contributed by atoms with van der Waals surface area (Å²) in [5.74, 6) is -0.480. The van der Waals surface area contributed by atoms with Gasteiger partial charge < -0.3 is 9.84 Å². The van der Waals surface area contributed by atoms with E-state index in [4.69, 9.17) is 9.84 Å². The van der Waals surface area contributed by atoms with Crippen LogP contribution in [0.15, 0.2) is 6.20 Å². The second-order valence-corrected chi connectivity index (χ2v) is 3.71. The van der Waals surface area contributed by atoms with Crippen molar-refractivity contribution in [2.75, 3.05) is 5.75 Å². The van der Waals surface area contributed by atoms with E-state index in [9.17, 15) is 4.79 Å². The molecule has 0 spiro atoms. The molecule has 2 unspecified atom stereocenters. The molecule has 15 heavy (non-hydrogen) atoms. The number of aromatic nitrogens is 3. The Balaban J connectivity index is 2.62. The van der Waals surface area contributed by atoms with Crippen LogP contribution in [0.5, 0.6) is 0 Å². The Morgan fingerprint density at radius 1 is 1.80 bits per heavy atom. The smallest absolute Gasteiger partial charge is 0.360 e. The highest BCUT2D eigenvalue weighted by Crippen LogP contribution is 2.08. The summed E-state index contributed by atoms with van der Waals surface area (Å²) in [6.45, 7) is 0. The van der Waals surface area contributed by atoms with Crippen LogP contribution in [0.2, 0.25) is 0 Å². The topological polar surface area (TPSA) is 77.2 Å². The van der Waals surface area contributed by atoms with Crippen LogP contribution in [-0.2, 0) is 11.8 Å². The molecule has 0 aromatic carbocycles. The Hall–Kier alpha value is -0.730. The normalized spacial score (nSPS) is 14.7. The monoisotopic (exact) mass is 249 g/mol. The van der Waals surface area contributed by atoms with Gasteiger partial charge in [-0.1, -0.05) is 5.21 Å². The Kier molecular flexibility index (Phi) is 4.43. The minimum atomic E-state index is -1.07. The number of aliphatic hydroxyl groups excluding tert-OH is 1. The first-order valence-corrected chi connectivity index (χ1v) is 5.23. The van der Waals surface area contributed by atoms with Crippen LogP contribution in [0.25, 0.3) is 0 Å². The number of carbonyl (C=O) groups excluding carboxylic acids is 1. The Labute approximate surface area is 97.4 Å². The molecule has 1 rings (SSSR count). The third kappa shape index (κ3) is 3.40. The second kappa shape index (κ2) is 5.38. The molecule has 0 saturated carbocycles. The first kappa shape index (κ1) is 12.3. The van der Waals surface area contributed by atoms with E-state index >= 15 is 0 Å². The van der Waals surface area contributed by atoms with E-state index in [2.05, 4.69) is 35.6 Å². The van der Waals surface area contributed by atoms with Crippen molar-refractivity contribution >= 4 is 31.2 Å². The maximum Gasteiger partial charge on any atom is 0.360 e. The molecule has 6 nitrogen and oxygen atoms in total. The average Bonchev–Trinajstić information content (AvgIpc) is 2.60. The lowest BCUT2D eigenvalue weighted by atomic mass is 10.4. The van der Waals surface area contributed by atoms with Crippen molar-refractivity contribution in [2.24, 2.45) is 7.05 Å². The number of thiol groups is 2. The summed E-state index contributed by atoms with van der Waals surface area (Å²) < 4.78 is 6.28. The fourth-order valence-corrected chi connectivity index (χ4v) is 1.44. The fourth-order valence-electron chi connectivity index (χ4n) is 0.831. The van der Waals surface area contributed by atoms with Gasteiger partial charge in [0.05, 0.1) is 6.20 Å². The van der Waals surface area contributed by atoms with Crippen molar-refractivity contribution in [3.63, 3.8) is 0 Å². The number of ether oxygens (including phenoxy) is 1. The summed E-state index contributed by atoms with van der Waals surface area (Å²) >= 11 is 7.67. The van der Waals surface area contributed by atoms with E-state index in [1.165, 1.54) is 10.9 Å². The molecule has 0 radical (unpaired) electrons. The SMILES string of the molecule is Cn1cc(C(=O)OC(CS)C(O)S)nn1. The predicted molar refractivity (Wildman–Crippen MR) is 59.1 cm³/mol. The van der Waals surface area contributed by atoms with Gasteiger partial charge in [-0.2, -0.15) is 12.6 Å². The highest BCUT2D eigenvalue weighted by Gasteiger charge is 2.21. The van der Waals surface area contributed by atoms with Gasteiger partial charge in [0, 0.05) is 12.8 Å². The van der Waals surface area contributed by atoms with Crippen molar-refractivity contribution in [3.05, 3.63) is 11.9 Å². The Morgan fingerprint density at radius 2 is 2.47 bits per heavy atom. The van der Waals surface area contributed by atoms with Gasteiger partial charge >= 0.3 is 5.97 Å². The van der Waals surface area contributed by atoms with Crippen LogP contribution in [0.3, 0.4) is 0 Å². The molecule has 1 aromatic rings. The molecule has 0 fully saturated rings. The van der Waals surface area contributed by atoms with E-state index in [0.717, 1.165) is 0 Å². The molecule has 0 aliphatic rings. The van der Waals surface area contributed by atoms with Gasteiger partial charge in [0.2, 0.25) is 0 Å².